The third-order valence-electron chi connectivity index (χ3n) is 3.06. The summed E-state index contributed by atoms with van der Waals surface area (Å²) in [5.74, 6) is 2.62. The van der Waals surface area contributed by atoms with Gasteiger partial charge in [0.25, 0.3) is 0 Å². The van der Waals surface area contributed by atoms with Gasteiger partial charge in [-0.1, -0.05) is 28.1 Å². The standard InChI is InChI=1S/C13H18BrNS/c1-10(11-3-2-4-12(14)9-11)15-13-5-7-16-8-6-13/h2-4,9-10,13,15H,5-8H2,1H3. The highest BCUT2D eigenvalue weighted by Crippen LogP contribution is 2.22. The van der Waals surface area contributed by atoms with Crippen molar-refractivity contribution >= 4 is 27.7 Å². The van der Waals surface area contributed by atoms with Crippen molar-refractivity contribution in [3.8, 4) is 0 Å². The Kier molecular flexibility index (Phi) is 4.74. The molecule has 0 bridgehead atoms. The van der Waals surface area contributed by atoms with Crippen molar-refractivity contribution in [2.75, 3.05) is 11.5 Å². The van der Waals surface area contributed by atoms with E-state index in [-0.39, 0.29) is 0 Å². The van der Waals surface area contributed by atoms with Crippen LogP contribution in [0.3, 0.4) is 0 Å². The molecule has 1 N–H and O–H groups in total. The quantitative estimate of drug-likeness (QED) is 0.905. The fourth-order valence-corrected chi connectivity index (χ4v) is 3.61. The fourth-order valence-electron chi connectivity index (χ4n) is 2.09. The van der Waals surface area contributed by atoms with Crippen LogP contribution in [0.25, 0.3) is 0 Å². The minimum Gasteiger partial charge on any atom is -0.307 e. The van der Waals surface area contributed by atoms with E-state index >= 15 is 0 Å². The van der Waals surface area contributed by atoms with E-state index in [0.29, 0.717) is 12.1 Å². The number of rotatable bonds is 3. The van der Waals surface area contributed by atoms with Gasteiger partial charge in [0, 0.05) is 16.6 Å². The summed E-state index contributed by atoms with van der Waals surface area (Å²) in [5.41, 5.74) is 1.37. The van der Waals surface area contributed by atoms with Gasteiger partial charge in [0.15, 0.2) is 0 Å². The first kappa shape index (κ1) is 12.5. The van der Waals surface area contributed by atoms with Gasteiger partial charge in [-0.15, -0.1) is 0 Å². The van der Waals surface area contributed by atoms with E-state index in [9.17, 15) is 0 Å². The van der Waals surface area contributed by atoms with Crippen molar-refractivity contribution in [2.45, 2.75) is 31.8 Å². The second kappa shape index (κ2) is 6.08. The molecule has 1 unspecified atom stereocenters. The smallest absolute Gasteiger partial charge is 0.0294 e. The topological polar surface area (TPSA) is 12.0 Å². The third kappa shape index (κ3) is 3.51. The predicted molar refractivity (Wildman–Crippen MR) is 76.0 cm³/mol. The number of nitrogens with one attached hydrogen (secondary N) is 1. The van der Waals surface area contributed by atoms with Gasteiger partial charge in [0.05, 0.1) is 0 Å². The number of benzene rings is 1. The summed E-state index contributed by atoms with van der Waals surface area (Å²) >= 11 is 5.60. The Labute approximate surface area is 111 Å². The van der Waals surface area contributed by atoms with E-state index < -0.39 is 0 Å². The molecule has 0 radical (unpaired) electrons. The van der Waals surface area contributed by atoms with E-state index in [4.69, 9.17) is 0 Å². The van der Waals surface area contributed by atoms with Crippen molar-refractivity contribution in [1.29, 1.82) is 0 Å². The molecule has 1 aromatic carbocycles. The second-order valence-electron chi connectivity index (χ2n) is 4.33. The Morgan fingerprint density at radius 3 is 2.81 bits per heavy atom. The molecular formula is C13H18BrNS. The minimum absolute atomic E-state index is 0.450. The van der Waals surface area contributed by atoms with Gasteiger partial charge in [0.1, 0.15) is 0 Å². The Hall–Kier alpha value is 0.01000. The molecule has 1 nitrogen and oxygen atoms in total. The van der Waals surface area contributed by atoms with Gasteiger partial charge < -0.3 is 5.32 Å². The monoisotopic (exact) mass is 299 g/mol. The molecule has 0 saturated carbocycles. The van der Waals surface area contributed by atoms with Crippen LogP contribution in [0.2, 0.25) is 0 Å². The van der Waals surface area contributed by atoms with Crippen LogP contribution in [0.5, 0.6) is 0 Å². The molecule has 1 fully saturated rings. The molecule has 16 heavy (non-hydrogen) atoms. The van der Waals surface area contributed by atoms with Gasteiger partial charge in [0.2, 0.25) is 0 Å². The lowest BCUT2D eigenvalue weighted by Crippen LogP contribution is -2.34. The van der Waals surface area contributed by atoms with Crippen molar-refractivity contribution in [1.82, 2.24) is 5.32 Å². The largest absolute Gasteiger partial charge is 0.307 e. The highest BCUT2D eigenvalue weighted by Gasteiger charge is 2.16. The molecule has 1 heterocycles. The zero-order chi connectivity index (χ0) is 11.4. The van der Waals surface area contributed by atoms with Crippen molar-refractivity contribution in [3.05, 3.63) is 34.3 Å². The maximum Gasteiger partial charge on any atom is 0.0294 e. The van der Waals surface area contributed by atoms with Crippen LogP contribution in [0.15, 0.2) is 28.7 Å². The van der Waals surface area contributed by atoms with Gasteiger partial charge in [-0.05, 0) is 49.0 Å². The van der Waals surface area contributed by atoms with E-state index in [1.54, 1.807) is 0 Å². The number of halogens is 1. The first-order chi connectivity index (χ1) is 7.75. The molecule has 0 amide bonds. The molecule has 1 aliphatic rings. The average Bonchev–Trinajstić information content (AvgIpc) is 2.30. The zero-order valence-electron chi connectivity index (χ0n) is 9.58. The van der Waals surface area contributed by atoms with Crippen LogP contribution in [0, 0.1) is 0 Å². The maximum atomic E-state index is 3.73. The fraction of sp³-hybridized carbons (Fsp3) is 0.538. The molecule has 0 aromatic heterocycles. The average molecular weight is 300 g/mol. The third-order valence-corrected chi connectivity index (χ3v) is 4.60. The molecule has 0 aliphatic carbocycles. The van der Waals surface area contributed by atoms with Gasteiger partial charge in [-0.25, -0.2) is 0 Å². The van der Waals surface area contributed by atoms with Crippen molar-refractivity contribution in [2.24, 2.45) is 0 Å². The number of thioether (sulfide) groups is 1. The van der Waals surface area contributed by atoms with Gasteiger partial charge in [-0.2, -0.15) is 11.8 Å². The first-order valence-electron chi connectivity index (χ1n) is 5.85. The van der Waals surface area contributed by atoms with E-state index in [0.717, 1.165) is 4.47 Å². The molecule has 1 aliphatic heterocycles. The molecule has 1 aromatic rings. The Bertz CT molecular complexity index is 336. The lowest BCUT2D eigenvalue weighted by Gasteiger charge is -2.26. The summed E-state index contributed by atoms with van der Waals surface area (Å²) in [6.45, 7) is 2.25. The lowest BCUT2D eigenvalue weighted by molar-refractivity contribution is 0.431. The molecule has 88 valence electrons. The summed E-state index contributed by atoms with van der Waals surface area (Å²) in [6, 6.07) is 9.73. The van der Waals surface area contributed by atoms with Crippen LogP contribution in [0.1, 0.15) is 31.4 Å². The second-order valence-corrected chi connectivity index (χ2v) is 6.47. The normalized spacial score (nSPS) is 19.6. The molecule has 0 spiro atoms. The zero-order valence-corrected chi connectivity index (χ0v) is 12.0. The molecule has 2 rings (SSSR count). The molecule has 3 heteroatoms. The van der Waals surface area contributed by atoms with Crippen LogP contribution in [0.4, 0.5) is 0 Å². The Balaban J connectivity index is 1.94. The maximum absolute atomic E-state index is 3.73. The summed E-state index contributed by atoms with van der Waals surface area (Å²) in [7, 11) is 0. The van der Waals surface area contributed by atoms with Gasteiger partial charge >= 0.3 is 0 Å². The minimum atomic E-state index is 0.450. The van der Waals surface area contributed by atoms with E-state index in [1.165, 1.54) is 29.9 Å². The van der Waals surface area contributed by atoms with Crippen LogP contribution >= 0.6 is 27.7 Å². The highest BCUT2D eigenvalue weighted by atomic mass is 79.9. The summed E-state index contributed by atoms with van der Waals surface area (Å²) in [5, 5.41) is 3.73. The van der Waals surface area contributed by atoms with Gasteiger partial charge in [-0.3, -0.25) is 0 Å². The molecule has 1 saturated heterocycles. The number of hydrogen-bond donors (Lipinski definition) is 1. The first-order valence-corrected chi connectivity index (χ1v) is 7.80. The Morgan fingerprint density at radius 2 is 2.12 bits per heavy atom. The van der Waals surface area contributed by atoms with Crippen molar-refractivity contribution in [3.63, 3.8) is 0 Å². The van der Waals surface area contributed by atoms with Crippen LogP contribution < -0.4 is 5.32 Å². The van der Waals surface area contributed by atoms with Crippen LogP contribution in [-0.2, 0) is 0 Å². The lowest BCUT2D eigenvalue weighted by atomic mass is 10.1. The summed E-state index contributed by atoms with van der Waals surface area (Å²) < 4.78 is 1.16. The van der Waals surface area contributed by atoms with Crippen LogP contribution in [-0.4, -0.2) is 17.5 Å². The summed E-state index contributed by atoms with van der Waals surface area (Å²) in [6.07, 6.45) is 2.62. The van der Waals surface area contributed by atoms with E-state index in [2.05, 4.69) is 64.2 Å². The summed E-state index contributed by atoms with van der Waals surface area (Å²) in [4.78, 5) is 0. The highest BCUT2D eigenvalue weighted by molar-refractivity contribution is 9.10. The SMILES string of the molecule is CC(NC1CCSCC1)c1cccc(Br)c1. The number of hydrogen-bond acceptors (Lipinski definition) is 2. The predicted octanol–water partition coefficient (Wildman–Crippen LogP) is 4.00. The van der Waals surface area contributed by atoms with E-state index in [1.807, 2.05) is 0 Å². The molecule has 1 atom stereocenters. The molecular weight excluding hydrogens is 282 g/mol. The Morgan fingerprint density at radius 1 is 1.38 bits per heavy atom. The van der Waals surface area contributed by atoms with Crippen molar-refractivity contribution < 1.29 is 0 Å².